The molecule has 4 nitrogen and oxygen atoms in total. The van der Waals surface area contributed by atoms with Crippen LogP contribution in [-0.2, 0) is 6.18 Å². The van der Waals surface area contributed by atoms with E-state index in [0.717, 1.165) is 27.9 Å². The smallest absolute Gasteiger partial charge is 0.308 e. The van der Waals surface area contributed by atoms with Crippen molar-refractivity contribution in [2.45, 2.75) is 13.1 Å². The van der Waals surface area contributed by atoms with Crippen LogP contribution >= 0.6 is 35.3 Å². The van der Waals surface area contributed by atoms with Crippen molar-refractivity contribution in [2.75, 3.05) is 32.1 Å². The highest BCUT2D eigenvalue weighted by Crippen LogP contribution is 2.34. The van der Waals surface area contributed by atoms with Gasteiger partial charge in [-0.25, -0.2) is 4.98 Å². The molecule has 0 saturated heterocycles. The van der Waals surface area contributed by atoms with Crippen LogP contribution in [0.25, 0.3) is 10.2 Å². The van der Waals surface area contributed by atoms with Crippen LogP contribution in [0.2, 0.25) is 5.02 Å². The molecule has 30 heavy (non-hydrogen) atoms. The number of rotatable bonds is 5. The van der Waals surface area contributed by atoms with Crippen LogP contribution < -0.4 is 4.90 Å². The van der Waals surface area contributed by atoms with Crippen molar-refractivity contribution >= 4 is 56.6 Å². The Morgan fingerprint density at radius 1 is 1.17 bits per heavy atom. The van der Waals surface area contributed by atoms with Gasteiger partial charge in [0.2, 0.25) is 0 Å². The van der Waals surface area contributed by atoms with Crippen molar-refractivity contribution in [3.05, 3.63) is 58.1 Å². The van der Waals surface area contributed by atoms with Gasteiger partial charge < -0.3 is 4.90 Å². The molecule has 0 saturated carbocycles. The first kappa shape index (κ1) is 24.4. The third-order valence-electron chi connectivity index (χ3n) is 4.32. The fourth-order valence-corrected chi connectivity index (χ4v) is 4.27. The number of benzene rings is 2. The SMILES string of the molecule is Cc1cc(Cl)cc2sc(N(CCN(C)C)C(=O)c3cccc(C(F)(F)F)c3)nc12.Cl. The second kappa shape index (κ2) is 9.51. The molecule has 0 atom stereocenters. The van der Waals surface area contributed by atoms with Crippen LogP contribution in [0.4, 0.5) is 18.3 Å². The number of halogens is 5. The Balaban J connectivity index is 0.00000320. The minimum absolute atomic E-state index is 0. The molecule has 0 radical (unpaired) electrons. The van der Waals surface area contributed by atoms with Gasteiger partial charge in [-0.1, -0.05) is 29.0 Å². The summed E-state index contributed by atoms with van der Waals surface area (Å²) < 4.78 is 40.0. The third-order valence-corrected chi connectivity index (χ3v) is 5.57. The molecule has 0 aliphatic rings. The number of alkyl halides is 3. The van der Waals surface area contributed by atoms with E-state index in [4.69, 9.17) is 11.6 Å². The zero-order valence-corrected chi connectivity index (χ0v) is 18.8. The molecule has 0 unspecified atom stereocenters. The lowest BCUT2D eigenvalue weighted by Crippen LogP contribution is -2.36. The second-order valence-electron chi connectivity index (χ2n) is 6.90. The van der Waals surface area contributed by atoms with Crippen LogP contribution in [0.3, 0.4) is 0 Å². The number of carbonyl (C=O) groups is 1. The van der Waals surface area contributed by atoms with Gasteiger partial charge in [0.15, 0.2) is 5.13 Å². The molecule has 10 heteroatoms. The number of carbonyl (C=O) groups excluding carboxylic acids is 1. The molecular formula is C20H20Cl2F3N3OS. The van der Waals surface area contributed by atoms with Gasteiger partial charge in [0, 0.05) is 23.7 Å². The van der Waals surface area contributed by atoms with Gasteiger partial charge in [-0.05, 0) is 56.9 Å². The summed E-state index contributed by atoms with van der Waals surface area (Å²) in [6, 6.07) is 8.00. The fourth-order valence-electron chi connectivity index (χ4n) is 2.83. The molecule has 1 amide bonds. The van der Waals surface area contributed by atoms with E-state index in [2.05, 4.69) is 4.98 Å². The number of likely N-dealkylation sites (N-methyl/N-ethyl adjacent to an activating group) is 1. The van der Waals surface area contributed by atoms with Gasteiger partial charge in [0.1, 0.15) is 0 Å². The Labute approximate surface area is 187 Å². The molecule has 1 aromatic heterocycles. The van der Waals surface area contributed by atoms with Gasteiger partial charge in [0.25, 0.3) is 5.91 Å². The summed E-state index contributed by atoms with van der Waals surface area (Å²) in [5.74, 6) is -0.527. The summed E-state index contributed by atoms with van der Waals surface area (Å²) in [6.45, 7) is 2.69. The minimum Gasteiger partial charge on any atom is -0.308 e. The molecular weight excluding hydrogens is 458 g/mol. The molecule has 0 spiro atoms. The van der Waals surface area contributed by atoms with Gasteiger partial charge in [-0.15, -0.1) is 12.4 Å². The molecule has 0 bridgehead atoms. The molecule has 162 valence electrons. The number of nitrogens with zero attached hydrogens (tertiary/aromatic N) is 3. The highest BCUT2D eigenvalue weighted by molar-refractivity contribution is 7.22. The maximum absolute atomic E-state index is 13.1. The van der Waals surface area contributed by atoms with Crippen LogP contribution in [0.5, 0.6) is 0 Å². The molecule has 0 aliphatic heterocycles. The number of fused-ring (bicyclic) bond motifs is 1. The zero-order valence-electron chi connectivity index (χ0n) is 16.5. The number of aromatic nitrogens is 1. The zero-order chi connectivity index (χ0) is 21.3. The lowest BCUT2D eigenvalue weighted by Gasteiger charge is -2.22. The first-order valence-corrected chi connectivity index (χ1v) is 9.96. The standard InChI is InChI=1S/C20H19ClF3N3OS.ClH/c1-12-9-15(21)11-16-17(12)25-19(29-16)27(8-7-26(2)3)18(28)13-5-4-6-14(10-13)20(22,23)24;/h4-6,9-11H,7-8H2,1-3H3;1H. The first-order valence-electron chi connectivity index (χ1n) is 8.77. The Kier molecular flexibility index (Phi) is 7.74. The molecule has 0 aliphatic carbocycles. The largest absolute Gasteiger partial charge is 0.416 e. The summed E-state index contributed by atoms with van der Waals surface area (Å²) in [4.78, 5) is 21.0. The molecule has 1 heterocycles. The van der Waals surface area contributed by atoms with E-state index < -0.39 is 17.6 Å². The van der Waals surface area contributed by atoms with E-state index in [0.29, 0.717) is 16.7 Å². The summed E-state index contributed by atoms with van der Waals surface area (Å²) in [5, 5.41) is 0.990. The highest BCUT2D eigenvalue weighted by Gasteiger charge is 2.32. The molecule has 3 rings (SSSR count). The van der Waals surface area contributed by atoms with Crippen LogP contribution in [0.1, 0.15) is 21.5 Å². The molecule has 0 fully saturated rings. The van der Waals surface area contributed by atoms with Gasteiger partial charge in [-0.2, -0.15) is 13.2 Å². The number of aryl methyl sites for hydroxylation is 1. The lowest BCUT2D eigenvalue weighted by molar-refractivity contribution is -0.137. The molecule has 3 aromatic rings. The van der Waals surface area contributed by atoms with Gasteiger partial charge >= 0.3 is 6.18 Å². The second-order valence-corrected chi connectivity index (χ2v) is 8.35. The molecule has 0 N–H and O–H groups in total. The average molecular weight is 478 g/mol. The van der Waals surface area contributed by atoms with E-state index >= 15 is 0 Å². The highest BCUT2D eigenvalue weighted by atomic mass is 35.5. The summed E-state index contributed by atoms with van der Waals surface area (Å²) >= 11 is 7.41. The number of thiazole rings is 1. The summed E-state index contributed by atoms with van der Waals surface area (Å²) in [6.07, 6.45) is -4.52. The van der Waals surface area contributed by atoms with Crippen molar-refractivity contribution in [3.63, 3.8) is 0 Å². The number of hydrogen-bond donors (Lipinski definition) is 0. The predicted octanol–water partition coefficient (Wildman–Crippen LogP) is 5.91. The minimum atomic E-state index is -4.52. The van der Waals surface area contributed by atoms with E-state index in [9.17, 15) is 18.0 Å². The summed E-state index contributed by atoms with van der Waals surface area (Å²) in [5.41, 5.74) is 0.700. The topological polar surface area (TPSA) is 36.4 Å². The van der Waals surface area contributed by atoms with E-state index in [1.165, 1.54) is 28.4 Å². The molecule has 2 aromatic carbocycles. The van der Waals surface area contributed by atoms with Crippen molar-refractivity contribution < 1.29 is 18.0 Å². The van der Waals surface area contributed by atoms with Crippen molar-refractivity contribution in [3.8, 4) is 0 Å². The normalized spacial score (nSPS) is 11.6. The Morgan fingerprint density at radius 2 is 1.87 bits per heavy atom. The van der Waals surface area contributed by atoms with Crippen LogP contribution in [0.15, 0.2) is 36.4 Å². The quantitative estimate of drug-likeness (QED) is 0.458. The maximum Gasteiger partial charge on any atom is 0.416 e. The van der Waals surface area contributed by atoms with Crippen LogP contribution in [-0.4, -0.2) is 43.0 Å². The lowest BCUT2D eigenvalue weighted by atomic mass is 10.1. The van der Waals surface area contributed by atoms with Crippen molar-refractivity contribution in [1.82, 2.24) is 9.88 Å². The first-order chi connectivity index (χ1) is 13.6. The fraction of sp³-hybridized carbons (Fsp3) is 0.300. The Morgan fingerprint density at radius 3 is 2.50 bits per heavy atom. The number of amides is 1. The third kappa shape index (κ3) is 5.43. The van der Waals surface area contributed by atoms with E-state index in [-0.39, 0.29) is 24.5 Å². The summed E-state index contributed by atoms with van der Waals surface area (Å²) in [7, 11) is 3.71. The Hall–Kier alpha value is -1.87. The van der Waals surface area contributed by atoms with E-state index in [1.807, 2.05) is 25.9 Å². The van der Waals surface area contributed by atoms with Crippen molar-refractivity contribution in [2.24, 2.45) is 0 Å². The number of hydrogen-bond acceptors (Lipinski definition) is 4. The maximum atomic E-state index is 13.1. The Bertz CT molecular complexity index is 1050. The van der Waals surface area contributed by atoms with Gasteiger partial charge in [-0.3, -0.25) is 9.69 Å². The van der Waals surface area contributed by atoms with E-state index in [1.54, 1.807) is 12.1 Å². The number of anilines is 1. The van der Waals surface area contributed by atoms with Crippen molar-refractivity contribution in [1.29, 1.82) is 0 Å². The average Bonchev–Trinajstić information content (AvgIpc) is 3.05. The predicted molar refractivity (Wildman–Crippen MR) is 118 cm³/mol. The van der Waals surface area contributed by atoms with Gasteiger partial charge in [0.05, 0.1) is 15.8 Å². The monoisotopic (exact) mass is 477 g/mol. The van der Waals surface area contributed by atoms with Crippen LogP contribution in [0, 0.1) is 6.92 Å².